The Kier molecular flexibility index (Phi) is 3.13. The standard InChI is InChI=1S/C12H20N4O/c1-14-4-6-16(7-5-14)11-8-15(9-11)10-12-2-3-13-17-12/h2-3,11H,4-10H2,1H3. The zero-order valence-corrected chi connectivity index (χ0v) is 10.4. The van der Waals surface area contributed by atoms with Crippen molar-refractivity contribution in [2.75, 3.05) is 46.3 Å². The fourth-order valence-electron chi connectivity index (χ4n) is 2.63. The molecule has 0 N–H and O–H groups in total. The first-order chi connectivity index (χ1) is 8.31. The van der Waals surface area contributed by atoms with Gasteiger partial charge in [0.2, 0.25) is 0 Å². The lowest BCUT2D eigenvalue weighted by molar-refractivity contribution is 0.00175. The van der Waals surface area contributed by atoms with Crippen molar-refractivity contribution in [3.8, 4) is 0 Å². The van der Waals surface area contributed by atoms with Gasteiger partial charge >= 0.3 is 0 Å². The molecule has 2 aliphatic heterocycles. The van der Waals surface area contributed by atoms with Gasteiger partial charge < -0.3 is 9.42 Å². The minimum Gasteiger partial charge on any atom is -0.360 e. The molecule has 1 aromatic rings. The lowest BCUT2D eigenvalue weighted by atomic mass is 10.1. The molecule has 0 amide bonds. The van der Waals surface area contributed by atoms with Crippen molar-refractivity contribution >= 4 is 0 Å². The lowest BCUT2D eigenvalue weighted by Crippen LogP contribution is -2.62. The molecule has 5 heteroatoms. The summed E-state index contributed by atoms with van der Waals surface area (Å²) in [5.74, 6) is 0.974. The second-order valence-corrected chi connectivity index (χ2v) is 5.17. The second-order valence-electron chi connectivity index (χ2n) is 5.17. The number of likely N-dealkylation sites (N-methyl/N-ethyl adjacent to an activating group) is 1. The van der Waals surface area contributed by atoms with Gasteiger partial charge in [-0.1, -0.05) is 5.16 Å². The lowest BCUT2D eigenvalue weighted by Gasteiger charge is -2.47. The largest absolute Gasteiger partial charge is 0.360 e. The summed E-state index contributed by atoms with van der Waals surface area (Å²) in [6, 6.07) is 2.70. The summed E-state index contributed by atoms with van der Waals surface area (Å²) in [6.07, 6.45) is 1.72. The van der Waals surface area contributed by atoms with Crippen LogP contribution < -0.4 is 0 Å². The summed E-state index contributed by atoms with van der Waals surface area (Å²) in [7, 11) is 2.20. The third-order valence-corrected chi connectivity index (χ3v) is 3.86. The average molecular weight is 236 g/mol. The quantitative estimate of drug-likeness (QED) is 0.744. The van der Waals surface area contributed by atoms with Crippen LogP contribution in [-0.4, -0.2) is 72.2 Å². The van der Waals surface area contributed by atoms with E-state index in [1.807, 2.05) is 6.07 Å². The third kappa shape index (κ3) is 2.51. The summed E-state index contributed by atoms with van der Waals surface area (Å²) < 4.78 is 5.12. The van der Waals surface area contributed by atoms with E-state index in [4.69, 9.17) is 4.52 Å². The minimum atomic E-state index is 0.756. The highest BCUT2D eigenvalue weighted by Gasteiger charge is 2.33. The molecule has 0 saturated carbocycles. The fraction of sp³-hybridized carbons (Fsp3) is 0.750. The number of nitrogens with zero attached hydrogens (tertiary/aromatic N) is 4. The first kappa shape index (κ1) is 11.2. The molecule has 1 aromatic heterocycles. The van der Waals surface area contributed by atoms with E-state index in [0.29, 0.717) is 0 Å². The maximum atomic E-state index is 5.12. The van der Waals surface area contributed by atoms with E-state index in [1.165, 1.54) is 39.3 Å². The molecule has 3 rings (SSSR count). The van der Waals surface area contributed by atoms with Gasteiger partial charge in [0.25, 0.3) is 0 Å². The van der Waals surface area contributed by atoms with Gasteiger partial charge in [-0.05, 0) is 7.05 Å². The van der Waals surface area contributed by atoms with E-state index < -0.39 is 0 Å². The van der Waals surface area contributed by atoms with E-state index in [9.17, 15) is 0 Å². The van der Waals surface area contributed by atoms with Gasteiger partial charge in [-0.25, -0.2) is 0 Å². The molecular formula is C12H20N4O. The van der Waals surface area contributed by atoms with Crippen LogP contribution in [0.2, 0.25) is 0 Å². The number of hydrogen-bond donors (Lipinski definition) is 0. The van der Waals surface area contributed by atoms with Crippen LogP contribution in [-0.2, 0) is 6.54 Å². The number of aromatic nitrogens is 1. The zero-order chi connectivity index (χ0) is 11.7. The predicted molar refractivity (Wildman–Crippen MR) is 64.6 cm³/mol. The summed E-state index contributed by atoms with van der Waals surface area (Å²) in [4.78, 5) is 7.45. The number of rotatable bonds is 3. The van der Waals surface area contributed by atoms with Crippen molar-refractivity contribution < 1.29 is 4.52 Å². The van der Waals surface area contributed by atoms with Gasteiger partial charge in [-0.15, -0.1) is 0 Å². The highest BCUT2D eigenvalue weighted by Crippen LogP contribution is 2.18. The molecular weight excluding hydrogens is 216 g/mol. The van der Waals surface area contributed by atoms with Gasteiger partial charge in [0.1, 0.15) is 0 Å². The summed E-state index contributed by atoms with van der Waals surface area (Å²) in [5, 5.41) is 3.73. The SMILES string of the molecule is CN1CCN(C2CN(Cc3ccno3)C2)CC1. The van der Waals surface area contributed by atoms with Gasteiger partial charge in [-0.3, -0.25) is 9.80 Å². The first-order valence-corrected chi connectivity index (χ1v) is 6.36. The topological polar surface area (TPSA) is 35.8 Å². The Morgan fingerprint density at radius 2 is 2.06 bits per heavy atom. The maximum Gasteiger partial charge on any atom is 0.150 e. The molecule has 0 spiro atoms. The molecule has 2 fully saturated rings. The van der Waals surface area contributed by atoms with Crippen LogP contribution in [0.25, 0.3) is 0 Å². The van der Waals surface area contributed by atoms with Gasteiger partial charge in [0.15, 0.2) is 5.76 Å². The van der Waals surface area contributed by atoms with Crippen LogP contribution in [0.5, 0.6) is 0 Å². The molecule has 0 radical (unpaired) electrons. The second kappa shape index (κ2) is 4.76. The van der Waals surface area contributed by atoms with Gasteiger partial charge in [0, 0.05) is 51.4 Å². The van der Waals surface area contributed by atoms with E-state index in [-0.39, 0.29) is 0 Å². The monoisotopic (exact) mass is 236 g/mol. The van der Waals surface area contributed by atoms with Crippen molar-refractivity contribution in [2.45, 2.75) is 12.6 Å². The summed E-state index contributed by atoms with van der Waals surface area (Å²) >= 11 is 0. The Morgan fingerprint density at radius 3 is 2.71 bits per heavy atom. The van der Waals surface area contributed by atoms with Crippen LogP contribution in [0.15, 0.2) is 16.8 Å². The predicted octanol–water partition coefficient (Wildman–Crippen LogP) is 0.106. The smallest absolute Gasteiger partial charge is 0.150 e. The highest BCUT2D eigenvalue weighted by atomic mass is 16.5. The Hall–Kier alpha value is -0.910. The van der Waals surface area contributed by atoms with Crippen molar-refractivity contribution in [1.29, 1.82) is 0 Å². The molecule has 17 heavy (non-hydrogen) atoms. The van der Waals surface area contributed by atoms with E-state index in [0.717, 1.165) is 18.3 Å². The Balaban J connectivity index is 1.42. The summed E-state index contributed by atoms with van der Waals surface area (Å²) in [5.41, 5.74) is 0. The van der Waals surface area contributed by atoms with E-state index in [1.54, 1.807) is 6.20 Å². The molecule has 5 nitrogen and oxygen atoms in total. The van der Waals surface area contributed by atoms with Gasteiger partial charge in [0.05, 0.1) is 12.7 Å². The number of likely N-dealkylation sites (tertiary alicyclic amines) is 1. The summed E-state index contributed by atoms with van der Waals surface area (Å²) in [6.45, 7) is 8.10. The molecule has 0 aliphatic carbocycles. The van der Waals surface area contributed by atoms with Crippen molar-refractivity contribution in [3.05, 3.63) is 18.0 Å². The normalized spacial score (nSPS) is 25.0. The van der Waals surface area contributed by atoms with E-state index >= 15 is 0 Å². The third-order valence-electron chi connectivity index (χ3n) is 3.86. The van der Waals surface area contributed by atoms with Crippen LogP contribution in [0.1, 0.15) is 5.76 Å². The average Bonchev–Trinajstić information content (AvgIpc) is 2.77. The molecule has 0 atom stereocenters. The van der Waals surface area contributed by atoms with Crippen molar-refractivity contribution in [2.24, 2.45) is 0 Å². The molecule has 0 bridgehead atoms. The van der Waals surface area contributed by atoms with Crippen LogP contribution >= 0.6 is 0 Å². The number of piperazine rings is 1. The molecule has 0 unspecified atom stereocenters. The first-order valence-electron chi connectivity index (χ1n) is 6.36. The molecule has 0 aromatic carbocycles. The van der Waals surface area contributed by atoms with Crippen molar-refractivity contribution in [3.63, 3.8) is 0 Å². The highest BCUT2D eigenvalue weighted by molar-refractivity contribution is 4.97. The van der Waals surface area contributed by atoms with Crippen LogP contribution in [0, 0.1) is 0 Å². The zero-order valence-electron chi connectivity index (χ0n) is 10.4. The fourth-order valence-corrected chi connectivity index (χ4v) is 2.63. The van der Waals surface area contributed by atoms with Crippen LogP contribution in [0.3, 0.4) is 0 Å². The Labute approximate surface area is 102 Å². The van der Waals surface area contributed by atoms with E-state index in [2.05, 4.69) is 26.9 Å². The minimum absolute atomic E-state index is 0.756. The maximum absolute atomic E-state index is 5.12. The molecule has 3 heterocycles. The Bertz CT molecular complexity index is 339. The molecule has 2 saturated heterocycles. The molecule has 94 valence electrons. The van der Waals surface area contributed by atoms with Gasteiger partial charge in [-0.2, -0.15) is 0 Å². The van der Waals surface area contributed by atoms with Crippen molar-refractivity contribution in [1.82, 2.24) is 19.9 Å². The van der Waals surface area contributed by atoms with Crippen LogP contribution in [0.4, 0.5) is 0 Å². The Morgan fingerprint density at radius 1 is 1.29 bits per heavy atom. The number of hydrogen-bond acceptors (Lipinski definition) is 5. The molecule has 2 aliphatic rings.